The van der Waals surface area contributed by atoms with Crippen LogP contribution in [0, 0.1) is 0 Å². The van der Waals surface area contributed by atoms with Gasteiger partial charge in [-0.3, -0.25) is 0 Å². The fraction of sp³-hybridized carbons (Fsp3) is 0.100. The van der Waals surface area contributed by atoms with Crippen molar-refractivity contribution in [2.24, 2.45) is 0 Å². The van der Waals surface area contributed by atoms with Crippen molar-refractivity contribution < 1.29 is 4.79 Å². The summed E-state index contributed by atoms with van der Waals surface area (Å²) in [7, 11) is 0. The monoisotopic (exact) mass is 180 g/mol. The van der Waals surface area contributed by atoms with E-state index >= 15 is 0 Å². The molecule has 0 aromatic carbocycles. The van der Waals surface area contributed by atoms with Gasteiger partial charge in [-0.05, 0) is 12.2 Å². The van der Waals surface area contributed by atoms with Crippen LogP contribution in [0.25, 0.3) is 0 Å². The van der Waals surface area contributed by atoms with Crippen LogP contribution in [-0.4, -0.2) is 12.0 Å². The number of rotatable bonds is 6. The Labute approximate surface area is 77.5 Å². The molecule has 0 rings (SSSR count). The van der Waals surface area contributed by atoms with Crippen molar-refractivity contribution in [3.8, 4) is 0 Å². The third-order valence-corrected chi connectivity index (χ3v) is 1.90. The van der Waals surface area contributed by atoms with E-state index in [-0.39, 0.29) is 0 Å². The number of hydrogen-bond acceptors (Lipinski definition) is 2. The number of carbonyl (C=O) groups is 1. The minimum Gasteiger partial charge on any atom is -0.302 e. The van der Waals surface area contributed by atoms with Crippen LogP contribution in [-0.2, 0) is 4.79 Å². The van der Waals surface area contributed by atoms with Gasteiger partial charge in [-0.2, -0.15) is 0 Å². The lowest BCUT2D eigenvalue weighted by atomic mass is 10.4. The second-order valence-corrected chi connectivity index (χ2v) is 2.97. The number of allylic oxidation sites excluding steroid dienone is 5. The molecule has 2 heteroatoms. The molecule has 0 saturated heterocycles. The predicted octanol–water partition coefficient (Wildman–Crippen LogP) is 2.73. The van der Waals surface area contributed by atoms with Gasteiger partial charge in [0, 0.05) is 4.91 Å². The van der Waals surface area contributed by atoms with Crippen LogP contribution in [0.3, 0.4) is 0 Å². The Morgan fingerprint density at radius 2 is 2.08 bits per heavy atom. The summed E-state index contributed by atoms with van der Waals surface area (Å²) in [5.74, 6) is 0.473. The molecule has 0 radical (unpaired) electrons. The molecule has 0 saturated carbocycles. The number of hydrogen-bond donors (Lipinski definition) is 0. The highest BCUT2D eigenvalue weighted by atomic mass is 32.2. The molecule has 0 bridgehead atoms. The van der Waals surface area contributed by atoms with Crippen molar-refractivity contribution in [3.63, 3.8) is 0 Å². The van der Waals surface area contributed by atoms with E-state index in [0.29, 0.717) is 5.75 Å². The van der Waals surface area contributed by atoms with Gasteiger partial charge >= 0.3 is 0 Å². The molecule has 0 spiro atoms. The highest BCUT2D eigenvalue weighted by Crippen LogP contribution is 2.15. The van der Waals surface area contributed by atoms with Gasteiger partial charge in [-0.1, -0.05) is 31.4 Å². The van der Waals surface area contributed by atoms with Crippen LogP contribution in [0.5, 0.6) is 0 Å². The van der Waals surface area contributed by atoms with Crippen molar-refractivity contribution in [2.75, 3.05) is 5.75 Å². The standard InChI is InChI=1S/C10H12OS/c1-3-5-7-10(6-4-2)12-9-8-11/h3-8H,1-2,9H2/b7-5-,10-6+. The Kier molecular flexibility index (Phi) is 7.39. The van der Waals surface area contributed by atoms with Gasteiger partial charge in [0.2, 0.25) is 0 Å². The molecule has 0 aromatic rings. The van der Waals surface area contributed by atoms with Gasteiger partial charge in [0.05, 0.1) is 5.75 Å². The van der Waals surface area contributed by atoms with E-state index in [9.17, 15) is 4.79 Å². The van der Waals surface area contributed by atoms with Gasteiger partial charge in [0.15, 0.2) is 0 Å². The Morgan fingerprint density at radius 3 is 2.58 bits per heavy atom. The zero-order valence-corrected chi connectivity index (χ0v) is 7.72. The lowest BCUT2D eigenvalue weighted by Crippen LogP contribution is -1.78. The fourth-order valence-electron chi connectivity index (χ4n) is 0.561. The quantitative estimate of drug-likeness (QED) is 0.462. The maximum absolute atomic E-state index is 10.1. The SMILES string of the molecule is C=C/C=C\C(=C/C=C)SCC=O. The summed E-state index contributed by atoms with van der Waals surface area (Å²) in [5, 5.41) is 0. The molecule has 0 amide bonds. The van der Waals surface area contributed by atoms with Crippen LogP contribution in [0.4, 0.5) is 0 Å². The topological polar surface area (TPSA) is 17.1 Å². The lowest BCUT2D eigenvalue weighted by molar-refractivity contribution is -0.105. The summed E-state index contributed by atoms with van der Waals surface area (Å²) in [6, 6.07) is 0. The van der Waals surface area contributed by atoms with Crippen LogP contribution in [0.1, 0.15) is 0 Å². The number of thioether (sulfide) groups is 1. The van der Waals surface area contributed by atoms with Crippen LogP contribution in [0.2, 0.25) is 0 Å². The summed E-state index contributed by atoms with van der Waals surface area (Å²) in [6.07, 6.45) is 9.84. The average molecular weight is 180 g/mol. The first-order valence-corrected chi connectivity index (χ1v) is 4.52. The van der Waals surface area contributed by atoms with Crippen LogP contribution in [0.15, 0.2) is 48.4 Å². The molecular formula is C10H12OS. The average Bonchev–Trinajstić information content (AvgIpc) is 2.10. The molecule has 0 atom stereocenters. The second kappa shape index (κ2) is 8.08. The van der Waals surface area contributed by atoms with Gasteiger partial charge in [-0.25, -0.2) is 0 Å². The molecule has 0 heterocycles. The smallest absolute Gasteiger partial charge is 0.130 e. The molecule has 0 N–H and O–H groups in total. The number of carbonyl (C=O) groups excluding carboxylic acids is 1. The highest BCUT2D eigenvalue weighted by Gasteiger charge is 1.89. The van der Waals surface area contributed by atoms with Crippen molar-refractivity contribution >= 4 is 18.0 Å². The minimum absolute atomic E-state index is 0.473. The fourth-order valence-corrected chi connectivity index (χ4v) is 1.19. The maximum Gasteiger partial charge on any atom is 0.130 e. The second-order valence-electron chi connectivity index (χ2n) is 1.88. The number of aldehydes is 1. The summed E-state index contributed by atoms with van der Waals surface area (Å²) < 4.78 is 0. The molecule has 0 aliphatic rings. The summed E-state index contributed by atoms with van der Waals surface area (Å²) >= 11 is 1.47. The van der Waals surface area contributed by atoms with Crippen molar-refractivity contribution in [3.05, 3.63) is 48.4 Å². The third-order valence-electron chi connectivity index (χ3n) is 0.997. The summed E-state index contributed by atoms with van der Waals surface area (Å²) in [4.78, 5) is 11.1. The molecule has 0 aromatic heterocycles. The molecule has 64 valence electrons. The zero-order valence-electron chi connectivity index (χ0n) is 6.90. The molecule has 1 nitrogen and oxygen atoms in total. The minimum atomic E-state index is 0.473. The molecule has 0 aliphatic heterocycles. The van der Waals surface area contributed by atoms with E-state index in [0.717, 1.165) is 11.2 Å². The summed E-state index contributed by atoms with van der Waals surface area (Å²) in [6.45, 7) is 7.13. The largest absolute Gasteiger partial charge is 0.302 e. The normalized spacial score (nSPS) is 11.5. The summed E-state index contributed by atoms with van der Waals surface area (Å²) in [5.41, 5.74) is 0. The van der Waals surface area contributed by atoms with E-state index in [1.165, 1.54) is 11.8 Å². The van der Waals surface area contributed by atoms with Crippen molar-refractivity contribution in [1.82, 2.24) is 0 Å². The van der Waals surface area contributed by atoms with Crippen LogP contribution >= 0.6 is 11.8 Å². The van der Waals surface area contributed by atoms with Gasteiger partial charge in [0.1, 0.15) is 6.29 Å². The van der Waals surface area contributed by atoms with E-state index in [1.54, 1.807) is 12.2 Å². The Bertz CT molecular complexity index is 214. The Morgan fingerprint density at radius 1 is 1.33 bits per heavy atom. The van der Waals surface area contributed by atoms with E-state index < -0.39 is 0 Å². The van der Waals surface area contributed by atoms with Gasteiger partial charge < -0.3 is 4.79 Å². The molecule has 0 aliphatic carbocycles. The van der Waals surface area contributed by atoms with E-state index in [1.807, 2.05) is 18.2 Å². The van der Waals surface area contributed by atoms with E-state index in [2.05, 4.69) is 13.2 Å². The molecule has 12 heavy (non-hydrogen) atoms. The highest BCUT2D eigenvalue weighted by molar-refractivity contribution is 8.03. The first kappa shape index (κ1) is 11.0. The van der Waals surface area contributed by atoms with Crippen molar-refractivity contribution in [2.45, 2.75) is 0 Å². The van der Waals surface area contributed by atoms with E-state index in [4.69, 9.17) is 0 Å². The third kappa shape index (κ3) is 5.74. The molecular weight excluding hydrogens is 168 g/mol. The van der Waals surface area contributed by atoms with Crippen LogP contribution < -0.4 is 0 Å². The first-order chi connectivity index (χ1) is 5.85. The lowest BCUT2D eigenvalue weighted by Gasteiger charge is -1.94. The Balaban J connectivity index is 4.12. The molecule has 0 fully saturated rings. The van der Waals surface area contributed by atoms with Crippen molar-refractivity contribution in [1.29, 1.82) is 0 Å². The maximum atomic E-state index is 10.1. The Hall–Kier alpha value is -1.02. The van der Waals surface area contributed by atoms with Gasteiger partial charge in [0.25, 0.3) is 0 Å². The molecule has 0 unspecified atom stereocenters. The zero-order chi connectivity index (χ0) is 9.23. The first-order valence-electron chi connectivity index (χ1n) is 3.53. The van der Waals surface area contributed by atoms with Gasteiger partial charge in [-0.15, -0.1) is 11.8 Å². The predicted molar refractivity (Wildman–Crippen MR) is 56.1 cm³/mol.